The summed E-state index contributed by atoms with van der Waals surface area (Å²) in [5.74, 6) is 0. The van der Waals surface area contributed by atoms with Crippen LogP contribution in [0.5, 0.6) is 0 Å². The molecule has 0 spiro atoms. The van der Waals surface area contributed by atoms with Gasteiger partial charge in [-0.1, -0.05) is 0 Å². The molecular formula is C16H28Cl2InNZr. The van der Waals surface area contributed by atoms with Crippen molar-refractivity contribution in [3.05, 3.63) is 43.0 Å². The molecule has 0 aromatic rings. The zero-order valence-corrected chi connectivity index (χ0v) is 23.6. The van der Waals surface area contributed by atoms with Crippen LogP contribution in [0.3, 0.4) is 0 Å². The van der Waals surface area contributed by atoms with Gasteiger partial charge in [-0.05, 0) is 0 Å². The quantitative estimate of drug-likeness (QED) is 0.546. The molecule has 0 radical (unpaired) electrons. The van der Waals surface area contributed by atoms with Crippen molar-refractivity contribution in [2.75, 3.05) is 0 Å². The smallest absolute Gasteiger partial charge is 0.147 e. The first kappa shape index (κ1) is 24.5. The third kappa shape index (κ3) is 10.6. The van der Waals surface area contributed by atoms with E-state index in [4.69, 9.17) is 0 Å². The maximum absolute atomic E-state index is 2.54. The summed E-state index contributed by atoms with van der Waals surface area (Å²) >= 11 is 0.390. The Balaban J connectivity index is 0. The van der Waals surface area contributed by atoms with Crippen LogP contribution in [0.2, 0.25) is 0 Å². The van der Waals surface area contributed by atoms with Crippen LogP contribution in [0.15, 0.2) is 43.0 Å². The Morgan fingerprint density at radius 3 is 1.48 bits per heavy atom. The van der Waals surface area contributed by atoms with Crippen molar-refractivity contribution in [3.8, 4) is 0 Å². The third-order valence-electron chi connectivity index (χ3n) is 3.49. The van der Waals surface area contributed by atoms with Crippen molar-refractivity contribution in [2.45, 2.75) is 52.6 Å². The summed E-state index contributed by atoms with van der Waals surface area (Å²) < 4.78 is 5.99. The van der Waals surface area contributed by atoms with E-state index in [9.17, 15) is 0 Å². The molecule has 2 aliphatic rings. The Bertz CT molecular complexity index is 365. The standard InChI is InChI=1S/C6H14N.2C5H5.2ClH.In.Zr.2H/c1-5(2)7-6(3)4;2*1-2-4-5-3-1;;;;;;/h5-6H,1-4H3;2*1-3H,4H2;2*1H;;;;/q-1;;;;;+1;;;. The zero-order chi connectivity index (χ0) is 14.3. The van der Waals surface area contributed by atoms with Crippen molar-refractivity contribution in [3.63, 3.8) is 0 Å². The number of allylic oxidation sites excluding steroid dienone is 8. The number of nitrogens with zero attached hydrogens (tertiary/aromatic N) is 1. The van der Waals surface area contributed by atoms with Gasteiger partial charge >= 0.3 is 146 Å². The predicted molar refractivity (Wildman–Crippen MR) is 98.8 cm³/mol. The predicted octanol–water partition coefficient (Wildman–Crippen LogP) is 4.25. The summed E-state index contributed by atoms with van der Waals surface area (Å²) in [7, 11) is 0. The molecule has 0 saturated heterocycles. The SMILES string of the molecule is C1=CC[C]([Zr][C]2=CC=CC2)=C1.CC(C)[N]([InH2])C(C)C.Cl.Cl. The topological polar surface area (TPSA) is 3.24 Å². The van der Waals surface area contributed by atoms with Gasteiger partial charge in [-0.25, -0.2) is 0 Å². The largest absolute Gasteiger partial charge is 0.147 e. The number of rotatable bonds is 4. The van der Waals surface area contributed by atoms with Gasteiger partial charge in [-0.15, -0.1) is 24.8 Å². The molecular weight excluding hydrogens is 483 g/mol. The van der Waals surface area contributed by atoms with Crippen molar-refractivity contribution < 1.29 is 23.2 Å². The molecule has 2 aliphatic carbocycles. The van der Waals surface area contributed by atoms with Crippen LogP contribution < -0.4 is 0 Å². The number of hydrogen-bond donors (Lipinski definition) is 0. The van der Waals surface area contributed by atoms with Crippen LogP contribution >= 0.6 is 24.8 Å². The molecule has 0 atom stereocenters. The molecule has 0 amide bonds. The molecule has 0 aromatic heterocycles. The Morgan fingerprint density at radius 1 is 0.905 bits per heavy atom. The van der Waals surface area contributed by atoms with Crippen LogP contribution in [-0.4, -0.2) is 39.6 Å². The van der Waals surface area contributed by atoms with Gasteiger partial charge in [0.25, 0.3) is 0 Å². The summed E-state index contributed by atoms with van der Waals surface area (Å²) in [6.45, 7) is 9.04. The Labute approximate surface area is 169 Å². The molecule has 118 valence electrons. The average Bonchev–Trinajstić information content (AvgIpc) is 3.02. The summed E-state index contributed by atoms with van der Waals surface area (Å²) in [6, 6.07) is 1.54. The molecule has 1 nitrogen and oxygen atoms in total. The molecule has 0 aliphatic heterocycles. The van der Waals surface area contributed by atoms with Gasteiger partial charge < -0.3 is 0 Å². The molecule has 0 bridgehead atoms. The Morgan fingerprint density at radius 2 is 1.29 bits per heavy atom. The van der Waals surface area contributed by atoms with Gasteiger partial charge in [0.05, 0.1) is 0 Å². The van der Waals surface area contributed by atoms with E-state index in [2.05, 4.69) is 67.0 Å². The fraction of sp³-hybridized carbons (Fsp3) is 0.500. The van der Waals surface area contributed by atoms with Crippen molar-refractivity contribution in [1.29, 1.82) is 0 Å². The molecule has 0 saturated carbocycles. The minimum atomic E-state index is -0.312. The van der Waals surface area contributed by atoms with Crippen LogP contribution in [0.25, 0.3) is 0 Å². The Hall–Kier alpha value is 1.25. The van der Waals surface area contributed by atoms with E-state index in [0.717, 1.165) is 12.1 Å². The minimum absolute atomic E-state index is 0. The van der Waals surface area contributed by atoms with Gasteiger partial charge in [0.1, 0.15) is 0 Å². The third-order valence-corrected chi connectivity index (χ3v) is 12.8. The average molecular weight is 511 g/mol. The molecule has 0 N–H and O–H groups in total. The second-order valence-electron chi connectivity index (χ2n) is 5.63. The molecule has 2 rings (SSSR count). The fourth-order valence-corrected chi connectivity index (χ4v) is 4.86. The van der Waals surface area contributed by atoms with E-state index in [1.807, 2.05) is 0 Å². The van der Waals surface area contributed by atoms with E-state index >= 15 is 0 Å². The van der Waals surface area contributed by atoms with Crippen molar-refractivity contribution in [2.24, 2.45) is 0 Å². The van der Waals surface area contributed by atoms with Crippen LogP contribution in [0, 0.1) is 0 Å². The van der Waals surface area contributed by atoms with Gasteiger partial charge in [0.15, 0.2) is 0 Å². The van der Waals surface area contributed by atoms with Gasteiger partial charge in [0, 0.05) is 0 Å². The molecule has 0 fully saturated rings. The van der Waals surface area contributed by atoms with Crippen LogP contribution in [-0.2, 0) is 23.2 Å². The summed E-state index contributed by atoms with van der Waals surface area (Å²) in [5, 5.41) is 0. The van der Waals surface area contributed by atoms with E-state index in [-0.39, 0.29) is 48.0 Å². The van der Waals surface area contributed by atoms with Gasteiger partial charge in [0.2, 0.25) is 0 Å². The van der Waals surface area contributed by atoms with E-state index in [0.29, 0.717) is 24.7 Å². The van der Waals surface area contributed by atoms with Gasteiger partial charge in [-0.3, -0.25) is 0 Å². The van der Waals surface area contributed by atoms with Crippen molar-refractivity contribution >= 4 is 49.5 Å². The van der Waals surface area contributed by atoms with E-state index in [1.54, 1.807) is 6.56 Å². The molecule has 5 heteroatoms. The molecule has 0 unspecified atom stereocenters. The minimum Gasteiger partial charge on any atom is -0.147 e. The summed E-state index contributed by atoms with van der Waals surface area (Å²) in [4.78, 5) is 0. The molecule has 21 heavy (non-hydrogen) atoms. The second kappa shape index (κ2) is 13.7. The first-order valence-electron chi connectivity index (χ1n) is 7.21. The van der Waals surface area contributed by atoms with Gasteiger partial charge in [-0.2, -0.15) is 0 Å². The maximum Gasteiger partial charge on any atom is -0.147 e. The second-order valence-corrected chi connectivity index (χ2v) is 12.3. The monoisotopic (exact) mass is 509 g/mol. The zero-order valence-electron chi connectivity index (χ0n) is 13.8. The number of halogens is 2. The fourth-order valence-electron chi connectivity index (χ4n) is 1.88. The van der Waals surface area contributed by atoms with E-state index < -0.39 is 0 Å². The molecule has 0 heterocycles. The first-order chi connectivity index (χ1) is 9.00. The Kier molecular flexibility index (Phi) is 16.0. The summed E-state index contributed by atoms with van der Waals surface area (Å²) in [6.07, 6.45) is 16.0. The summed E-state index contributed by atoms with van der Waals surface area (Å²) in [5.41, 5.74) is 0. The normalized spacial score (nSPS) is 15.2. The van der Waals surface area contributed by atoms with Crippen LogP contribution in [0.4, 0.5) is 0 Å². The first-order valence-corrected chi connectivity index (χ1v) is 12.2. The van der Waals surface area contributed by atoms with Crippen molar-refractivity contribution in [1.82, 2.24) is 2.89 Å². The van der Waals surface area contributed by atoms with E-state index in [1.165, 1.54) is 12.8 Å². The van der Waals surface area contributed by atoms with Crippen LogP contribution in [0.1, 0.15) is 40.5 Å². The number of hydrogen-bond acceptors (Lipinski definition) is 1. The molecule has 0 aromatic carbocycles. The maximum atomic E-state index is 2.54.